The number of rotatable bonds is 3. The molecule has 1 heterocycles. The van der Waals surface area contributed by atoms with E-state index in [0.717, 1.165) is 12.8 Å². The molecule has 15 heavy (non-hydrogen) atoms. The van der Waals surface area contributed by atoms with Crippen LogP contribution in [-0.4, -0.2) is 23.1 Å². The van der Waals surface area contributed by atoms with E-state index in [9.17, 15) is 0 Å². The standard InChI is InChI=1S/C10H14ClN3O/c1-12-10-13-6-8(11)9(14-10)15-7-4-2-3-5-7/h6-7H,2-5H2,1H3,(H,12,13,14). The summed E-state index contributed by atoms with van der Waals surface area (Å²) >= 11 is 5.95. The van der Waals surface area contributed by atoms with E-state index in [1.165, 1.54) is 12.8 Å². The van der Waals surface area contributed by atoms with Crippen molar-refractivity contribution in [2.75, 3.05) is 12.4 Å². The Morgan fingerprint density at radius 2 is 2.20 bits per heavy atom. The van der Waals surface area contributed by atoms with Crippen molar-refractivity contribution in [3.05, 3.63) is 11.2 Å². The summed E-state index contributed by atoms with van der Waals surface area (Å²) in [7, 11) is 1.77. The molecular formula is C10H14ClN3O. The van der Waals surface area contributed by atoms with E-state index in [0.29, 0.717) is 16.9 Å². The maximum absolute atomic E-state index is 5.95. The fraction of sp³-hybridized carbons (Fsp3) is 0.600. The molecule has 4 nitrogen and oxygen atoms in total. The maximum atomic E-state index is 5.95. The Kier molecular flexibility index (Phi) is 3.26. The lowest BCUT2D eigenvalue weighted by atomic mass is 10.3. The first-order valence-corrected chi connectivity index (χ1v) is 5.54. The molecule has 0 radical (unpaired) electrons. The number of anilines is 1. The van der Waals surface area contributed by atoms with Gasteiger partial charge in [0.1, 0.15) is 11.1 Å². The van der Waals surface area contributed by atoms with E-state index in [4.69, 9.17) is 16.3 Å². The van der Waals surface area contributed by atoms with Gasteiger partial charge in [-0.1, -0.05) is 11.6 Å². The van der Waals surface area contributed by atoms with E-state index < -0.39 is 0 Å². The second-order valence-corrected chi connectivity index (χ2v) is 4.03. The lowest BCUT2D eigenvalue weighted by molar-refractivity contribution is 0.201. The molecule has 1 N–H and O–H groups in total. The minimum absolute atomic E-state index is 0.266. The highest BCUT2D eigenvalue weighted by Crippen LogP contribution is 2.27. The lowest BCUT2D eigenvalue weighted by Crippen LogP contribution is -2.13. The van der Waals surface area contributed by atoms with Gasteiger partial charge in [0.25, 0.3) is 0 Å². The zero-order valence-electron chi connectivity index (χ0n) is 8.66. The predicted molar refractivity (Wildman–Crippen MR) is 59.5 cm³/mol. The van der Waals surface area contributed by atoms with Gasteiger partial charge in [0, 0.05) is 7.05 Å². The van der Waals surface area contributed by atoms with Gasteiger partial charge in [0.15, 0.2) is 0 Å². The van der Waals surface area contributed by atoms with Crippen molar-refractivity contribution in [3.63, 3.8) is 0 Å². The van der Waals surface area contributed by atoms with E-state index in [2.05, 4.69) is 15.3 Å². The van der Waals surface area contributed by atoms with Gasteiger partial charge in [-0.3, -0.25) is 0 Å². The summed E-state index contributed by atoms with van der Waals surface area (Å²) in [4.78, 5) is 8.18. The Labute approximate surface area is 94.0 Å². The normalized spacial score (nSPS) is 16.7. The molecule has 0 bridgehead atoms. The predicted octanol–water partition coefficient (Wildman–Crippen LogP) is 2.49. The smallest absolute Gasteiger partial charge is 0.237 e. The van der Waals surface area contributed by atoms with Gasteiger partial charge in [0.05, 0.1) is 6.20 Å². The fourth-order valence-corrected chi connectivity index (χ4v) is 1.85. The molecule has 0 aliphatic heterocycles. The van der Waals surface area contributed by atoms with Gasteiger partial charge >= 0.3 is 0 Å². The van der Waals surface area contributed by atoms with Crippen LogP contribution in [0.5, 0.6) is 5.88 Å². The topological polar surface area (TPSA) is 47.0 Å². The minimum Gasteiger partial charge on any atom is -0.473 e. The Morgan fingerprint density at radius 1 is 1.47 bits per heavy atom. The lowest BCUT2D eigenvalue weighted by Gasteiger charge is -2.13. The van der Waals surface area contributed by atoms with Crippen LogP contribution in [-0.2, 0) is 0 Å². The molecule has 0 unspecified atom stereocenters. The van der Waals surface area contributed by atoms with E-state index in [-0.39, 0.29) is 6.10 Å². The largest absolute Gasteiger partial charge is 0.473 e. The molecule has 0 saturated heterocycles. The molecule has 1 fully saturated rings. The van der Waals surface area contributed by atoms with Crippen molar-refractivity contribution in [1.29, 1.82) is 0 Å². The highest BCUT2D eigenvalue weighted by Gasteiger charge is 2.18. The first-order valence-electron chi connectivity index (χ1n) is 5.16. The fourth-order valence-electron chi connectivity index (χ4n) is 1.72. The van der Waals surface area contributed by atoms with Crippen molar-refractivity contribution in [2.24, 2.45) is 0 Å². The molecule has 2 rings (SSSR count). The zero-order valence-corrected chi connectivity index (χ0v) is 9.42. The molecular weight excluding hydrogens is 214 g/mol. The van der Waals surface area contributed by atoms with E-state index >= 15 is 0 Å². The van der Waals surface area contributed by atoms with Crippen LogP contribution >= 0.6 is 11.6 Å². The van der Waals surface area contributed by atoms with Crippen LogP contribution in [0.15, 0.2) is 6.20 Å². The maximum Gasteiger partial charge on any atom is 0.237 e. The minimum atomic E-state index is 0.266. The third-order valence-electron chi connectivity index (χ3n) is 2.52. The summed E-state index contributed by atoms with van der Waals surface area (Å²) in [5, 5.41) is 3.33. The average molecular weight is 228 g/mol. The van der Waals surface area contributed by atoms with Crippen molar-refractivity contribution < 1.29 is 4.74 Å². The van der Waals surface area contributed by atoms with Crippen molar-refractivity contribution in [2.45, 2.75) is 31.8 Å². The van der Waals surface area contributed by atoms with E-state index in [1.807, 2.05) is 0 Å². The van der Waals surface area contributed by atoms with Gasteiger partial charge < -0.3 is 10.1 Å². The number of aromatic nitrogens is 2. The molecule has 5 heteroatoms. The number of hydrogen-bond donors (Lipinski definition) is 1. The third kappa shape index (κ3) is 2.50. The third-order valence-corrected chi connectivity index (χ3v) is 2.78. The van der Waals surface area contributed by atoms with Crippen molar-refractivity contribution in [1.82, 2.24) is 9.97 Å². The van der Waals surface area contributed by atoms with Crippen LogP contribution < -0.4 is 10.1 Å². The van der Waals surface area contributed by atoms with Crippen molar-refractivity contribution in [3.8, 4) is 5.88 Å². The van der Waals surface area contributed by atoms with E-state index in [1.54, 1.807) is 13.2 Å². The highest BCUT2D eigenvalue weighted by molar-refractivity contribution is 6.31. The molecule has 1 aliphatic carbocycles. The Hall–Kier alpha value is -1.03. The van der Waals surface area contributed by atoms with Gasteiger partial charge in [-0.2, -0.15) is 4.98 Å². The molecule has 1 aromatic heterocycles. The Balaban J connectivity index is 2.11. The second kappa shape index (κ2) is 4.66. The van der Waals surface area contributed by atoms with Gasteiger partial charge in [-0.25, -0.2) is 4.98 Å². The van der Waals surface area contributed by atoms with Crippen LogP contribution in [0, 0.1) is 0 Å². The molecule has 0 spiro atoms. The number of halogens is 1. The molecule has 0 amide bonds. The SMILES string of the molecule is CNc1ncc(Cl)c(OC2CCCC2)n1. The number of nitrogens with zero attached hydrogens (tertiary/aromatic N) is 2. The Morgan fingerprint density at radius 3 is 2.87 bits per heavy atom. The summed E-state index contributed by atoms with van der Waals surface area (Å²) in [6.07, 6.45) is 6.47. The van der Waals surface area contributed by atoms with Gasteiger partial charge in [-0.15, -0.1) is 0 Å². The summed E-state index contributed by atoms with van der Waals surface area (Å²) in [6.45, 7) is 0. The first-order chi connectivity index (χ1) is 7.29. The molecule has 82 valence electrons. The molecule has 1 saturated carbocycles. The van der Waals surface area contributed by atoms with Gasteiger partial charge in [-0.05, 0) is 25.7 Å². The van der Waals surface area contributed by atoms with Crippen LogP contribution in [0.2, 0.25) is 5.02 Å². The highest BCUT2D eigenvalue weighted by atomic mass is 35.5. The van der Waals surface area contributed by atoms with Crippen molar-refractivity contribution >= 4 is 17.5 Å². The zero-order chi connectivity index (χ0) is 10.7. The molecule has 1 aliphatic rings. The summed E-state index contributed by atoms with van der Waals surface area (Å²) < 4.78 is 5.73. The second-order valence-electron chi connectivity index (χ2n) is 3.62. The number of hydrogen-bond acceptors (Lipinski definition) is 4. The van der Waals surface area contributed by atoms with Crippen LogP contribution in [0.1, 0.15) is 25.7 Å². The molecule has 0 atom stereocenters. The molecule has 1 aromatic rings. The quantitative estimate of drug-likeness (QED) is 0.862. The summed E-state index contributed by atoms with van der Waals surface area (Å²) in [5.41, 5.74) is 0. The molecule has 0 aromatic carbocycles. The van der Waals surface area contributed by atoms with Crippen LogP contribution in [0.4, 0.5) is 5.95 Å². The summed E-state index contributed by atoms with van der Waals surface area (Å²) in [6, 6.07) is 0. The van der Waals surface area contributed by atoms with Crippen LogP contribution in [0.3, 0.4) is 0 Å². The number of nitrogens with one attached hydrogen (secondary N) is 1. The monoisotopic (exact) mass is 227 g/mol. The van der Waals surface area contributed by atoms with Gasteiger partial charge in [0.2, 0.25) is 11.8 Å². The average Bonchev–Trinajstić information content (AvgIpc) is 2.74. The summed E-state index contributed by atoms with van der Waals surface area (Å²) in [5.74, 6) is 1.02. The van der Waals surface area contributed by atoms with Crippen LogP contribution in [0.25, 0.3) is 0 Å². The Bertz CT molecular complexity index is 339. The first kappa shape index (κ1) is 10.5. The number of ether oxygens (including phenoxy) is 1.